The summed E-state index contributed by atoms with van der Waals surface area (Å²) in [6.45, 7) is 9.07. The average molecular weight is 279 g/mol. The fourth-order valence-electron chi connectivity index (χ4n) is 2.92. The normalized spacial score (nSPS) is 17.3. The van der Waals surface area contributed by atoms with Gasteiger partial charge in [-0.15, -0.1) is 0 Å². The van der Waals surface area contributed by atoms with Crippen LogP contribution in [0.1, 0.15) is 42.0 Å². The molecule has 0 spiro atoms. The number of fused-ring (bicyclic) bond motifs is 1. The molecule has 2 rings (SSSR count). The Morgan fingerprint density at radius 1 is 1.25 bits per heavy atom. The number of hydrogen-bond donors (Lipinski definition) is 0. The van der Waals surface area contributed by atoms with Crippen LogP contribution in [-0.4, -0.2) is 37.3 Å². The van der Waals surface area contributed by atoms with Crippen molar-refractivity contribution in [2.75, 3.05) is 26.9 Å². The van der Waals surface area contributed by atoms with Gasteiger partial charge < -0.3 is 14.0 Å². The lowest BCUT2D eigenvalue weighted by Gasteiger charge is -2.29. The van der Waals surface area contributed by atoms with E-state index in [2.05, 4.69) is 25.3 Å². The number of rotatable bonds is 6. The molecule has 0 unspecified atom stereocenters. The van der Waals surface area contributed by atoms with Crippen LogP contribution < -0.4 is 0 Å². The standard InChI is InChI=1S/C16H25NO3/c1-12-9-13-14(10-16(2,3)11-15(13)18)17(12)5-6-20-8-7-19-4/h9H,5-8,10-11H2,1-4H3. The van der Waals surface area contributed by atoms with Gasteiger partial charge in [0.25, 0.3) is 0 Å². The molecular weight excluding hydrogens is 254 g/mol. The Bertz CT molecular complexity index is 488. The average Bonchev–Trinajstić information content (AvgIpc) is 2.65. The first-order chi connectivity index (χ1) is 9.44. The Morgan fingerprint density at radius 3 is 2.70 bits per heavy atom. The second kappa shape index (κ2) is 6.10. The number of ketones is 1. The summed E-state index contributed by atoms with van der Waals surface area (Å²) in [5.74, 6) is 0.276. The third-order valence-electron chi connectivity index (χ3n) is 3.89. The van der Waals surface area contributed by atoms with E-state index in [-0.39, 0.29) is 11.2 Å². The van der Waals surface area contributed by atoms with Crippen LogP contribution in [0.4, 0.5) is 0 Å². The molecule has 1 aliphatic rings. The largest absolute Gasteiger partial charge is 0.382 e. The smallest absolute Gasteiger partial charge is 0.165 e. The van der Waals surface area contributed by atoms with Gasteiger partial charge in [0.05, 0.1) is 19.8 Å². The third-order valence-corrected chi connectivity index (χ3v) is 3.89. The van der Waals surface area contributed by atoms with Gasteiger partial charge in [0.2, 0.25) is 0 Å². The second-order valence-corrected chi connectivity index (χ2v) is 6.34. The summed E-state index contributed by atoms with van der Waals surface area (Å²) in [5, 5.41) is 0. The van der Waals surface area contributed by atoms with E-state index >= 15 is 0 Å². The Balaban J connectivity index is 2.09. The Kier molecular flexibility index (Phi) is 4.66. The number of nitrogens with zero attached hydrogens (tertiary/aromatic N) is 1. The quantitative estimate of drug-likeness (QED) is 0.752. The number of aryl methyl sites for hydroxylation is 1. The zero-order valence-corrected chi connectivity index (χ0v) is 13.0. The van der Waals surface area contributed by atoms with Crippen molar-refractivity contribution in [2.24, 2.45) is 5.41 Å². The first-order valence-electron chi connectivity index (χ1n) is 7.23. The highest BCUT2D eigenvalue weighted by molar-refractivity contribution is 5.99. The van der Waals surface area contributed by atoms with E-state index in [9.17, 15) is 4.79 Å². The zero-order chi connectivity index (χ0) is 14.8. The number of aromatic nitrogens is 1. The van der Waals surface area contributed by atoms with Gasteiger partial charge in [0, 0.05) is 37.0 Å². The molecule has 0 bridgehead atoms. The van der Waals surface area contributed by atoms with Crippen molar-refractivity contribution >= 4 is 5.78 Å². The van der Waals surface area contributed by atoms with E-state index in [0.717, 1.165) is 24.2 Å². The predicted molar refractivity (Wildman–Crippen MR) is 78.3 cm³/mol. The molecule has 0 N–H and O–H groups in total. The molecule has 0 aliphatic heterocycles. The van der Waals surface area contributed by atoms with E-state index in [4.69, 9.17) is 9.47 Å². The van der Waals surface area contributed by atoms with Gasteiger partial charge in [-0.25, -0.2) is 0 Å². The summed E-state index contributed by atoms with van der Waals surface area (Å²) in [6, 6.07) is 2.03. The van der Waals surface area contributed by atoms with E-state index in [1.54, 1.807) is 7.11 Å². The minimum absolute atomic E-state index is 0.0591. The van der Waals surface area contributed by atoms with Crippen molar-refractivity contribution in [1.82, 2.24) is 4.57 Å². The van der Waals surface area contributed by atoms with Gasteiger partial charge >= 0.3 is 0 Å². The number of methoxy groups -OCH3 is 1. The first kappa shape index (κ1) is 15.3. The lowest BCUT2D eigenvalue weighted by molar-refractivity contribution is 0.0658. The lowest BCUT2D eigenvalue weighted by atomic mass is 9.76. The van der Waals surface area contributed by atoms with Crippen molar-refractivity contribution in [3.05, 3.63) is 23.0 Å². The van der Waals surface area contributed by atoms with Crippen molar-refractivity contribution in [3.8, 4) is 0 Å². The van der Waals surface area contributed by atoms with Gasteiger partial charge in [-0.3, -0.25) is 4.79 Å². The van der Waals surface area contributed by atoms with Gasteiger partial charge in [-0.1, -0.05) is 13.8 Å². The highest BCUT2D eigenvalue weighted by Crippen LogP contribution is 2.36. The molecule has 112 valence electrons. The van der Waals surface area contributed by atoms with E-state index in [1.165, 1.54) is 5.69 Å². The number of hydrogen-bond acceptors (Lipinski definition) is 3. The number of carbonyl (C=O) groups is 1. The summed E-state index contributed by atoms with van der Waals surface area (Å²) in [4.78, 5) is 12.2. The molecule has 0 radical (unpaired) electrons. The molecule has 0 saturated carbocycles. The van der Waals surface area contributed by atoms with Gasteiger partial charge in [-0.2, -0.15) is 0 Å². The highest BCUT2D eigenvalue weighted by atomic mass is 16.5. The Morgan fingerprint density at radius 2 is 2.00 bits per heavy atom. The maximum atomic E-state index is 12.2. The molecular formula is C16H25NO3. The first-order valence-corrected chi connectivity index (χ1v) is 7.23. The van der Waals surface area contributed by atoms with Crippen molar-refractivity contribution in [2.45, 2.75) is 40.2 Å². The van der Waals surface area contributed by atoms with Crippen LogP contribution in [0.15, 0.2) is 6.07 Å². The number of carbonyl (C=O) groups excluding carboxylic acids is 1. The van der Waals surface area contributed by atoms with E-state index < -0.39 is 0 Å². The van der Waals surface area contributed by atoms with E-state index in [0.29, 0.717) is 26.2 Å². The molecule has 4 heteroatoms. The van der Waals surface area contributed by atoms with Gasteiger partial charge in [0.15, 0.2) is 5.78 Å². The maximum absolute atomic E-state index is 12.2. The highest BCUT2D eigenvalue weighted by Gasteiger charge is 2.33. The lowest BCUT2D eigenvalue weighted by Crippen LogP contribution is -2.28. The van der Waals surface area contributed by atoms with Crippen LogP contribution in [0.5, 0.6) is 0 Å². The van der Waals surface area contributed by atoms with Crippen LogP contribution >= 0.6 is 0 Å². The molecule has 4 nitrogen and oxygen atoms in total. The zero-order valence-electron chi connectivity index (χ0n) is 13.0. The van der Waals surface area contributed by atoms with Gasteiger partial charge in [-0.05, 0) is 24.8 Å². The monoisotopic (exact) mass is 279 g/mol. The molecule has 1 aromatic rings. The fraction of sp³-hybridized carbons (Fsp3) is 0.688. The van der Waals surface area contributed by atoms with Crippen molar-refractivity contribution < 1.29 is 14.3 Å². The topological polar surface area (TPSA) is 40.5 Å². The van der Waals surface area contributed by atoms with Gasteiger partial charge in [0.1, 0.15) is 0 Å². The second-order valence-electron chi connectivity index (χ2n) is 6.34. The maximum Gasteiger partial charge on any atom is 0.165 e. The summed E-state index contributed by atoms with van der Waals surface area (Å²) >= 11 is 0. The predicted octanol–water partition coefficient (Wildman–Crippen LogP) is 2.61. The van der Waals surface area contributed by atoms with Crippen LogP contribution in [0.25, 0.3) is 0 Å². The molecule has 1 heterocycles. The number of Topliss-reactive ketones (excluding diaryl/α,β-unsaturated/α-hetero) is 1. The summed E-state index contributed by atoms with van der Waals surface area (Å²) in [7, 11) is 1.67. The molecule has 0 aromatic carbocycles. The SMILES string of the molecule is COCCOCCn1c(C)cc2c1CC(C)(C)CC2=O. The number of ether oxygens (including phenoxy) is 2. The summed E-state index contributed by atoms with van der Waals surface area (Å²) < 4.78 is 12.7. The van der Waals surface area contributed by atoms with Crippen LogP contribution in [0, 0.1) is 12.3 Å². The molecule has 0 fully saturated rings. The summed E-state index contributed by atoms with van der Waals surface area (Å²) in [6.07, 6.45) is 1.60. The van der Waals surface area contributed by atoms with Crippen LogP contribution in [0.2, 0.25) is 0 Å². The molecule has 20 heavy (non-hydrogen) atoms. The molecule has 0 amide bonds. The molecule has 1 aliphatic carbocycles. The Hall–Kier alpha value is -1.13. The van der Waals surface area contributed by atoms with Crippen molar-refractivity contribution in [1.29, 1.82) is 0 Å². The molecule has 0 atom stereocenters. The van der Waals surface area contributed by atoms with Crippen LogP contribution in [0.3, 0.4) is 0 Å². The van der Waals surface area contributed by atoms with Crippen molar-refractivity contribution in [3.63, 3.8) is 0 Å². The summed E-state index contributed by atoms with van der Waals surface area (Å²) in [5.41, 5.74) is 3.30. The van der Waals surface area contributed by atoms with E-state index in [1.807, 2.05) is 6.07 Å². The third kappa shape index (κ3) is 3.30. The molecule has 1 aromatic heterocycles. The minimum Gasteiger partial charge on any atom is -0.382 e. The Labute approximate surface area is 121 Å². The molecule has 0 saturated heterocycles. The fourth-order valence-corrected chi connectivity index (χ4v) is 2.92. The van der Waals surface area contributed by atoms with Crippen LogP contribution in [-0.2, 0) is 22.4 Å². The minimum atomic E-state index is 0.0591.